The van der Waals surface area contributed by atoms with Crippen molar-refractivity contribution in [2.24, 2.45) is 23.0 Å². The normalized spacial score (nSPS) is 37.2. The number of likely N-dealkylation sites (N-methyl/N-ethyl adjacent to an activating group) is 1. The number of allylic oxidation sites excluding steroid dienone is 4. The molecule has 0 bridgehead atoms. The number of nitrogens with two attached hydrogens (primary N) is 1. The molecule has 1 fully saturated rings. The molecule has 8 heteroatoms. The number of hydrogen-bond acceptors (Lipinski definition) is 7. The van der Waals surface area contributed by atoms with Gasteiger partial charge in [0.2, 0.25) is 0 Å². The van der Waals surface area contributed by atoms with Crippen LogP contribution in [0.25, 0.3) is 0 Å². The summed E-state index contributed by atoms with van der Waals surface area (Å²) in [7, 11) is 2.21. The van der Waals surface area contributed by atoms with Crippen LogP contribution in [0.2, 0.25) is 0 Å². The molecule has 1 heterocycles. The number of esters is 1. The first-order valence-electron chi connectivity index (χ1n) is 13.4. The Hall–Kier alpha value is -1.79. The van der Waals surface area contributed by atoms with Gasteiger partial charge in [0.05, 0.1) is 0 Å². The van der Waals surface area contributed by atoms with Crippen LogP contribution in [0.1, 0.15) is 40.5 Å². The van der Waals surface area contributed by atoms with E-state index in [1.165, 1.54) is 6.16 Å². The van der Waals surface area contributed by atoms with Gasteiger partial charge in [0.15, 0.2) is 0 Å². The van der Waals surface area contributed by atoms with Crippen molar-refractivity contribution >= 4 is 19.0 Å². The van der Waals surface area contributed by atoms with Gasteiger partial charge in [-0.15, -0.1) is 0 Å². The average Bonchev–Trinajstić information content (AvgIpc) is 3.43. The molecular formula is C29H47N2O5P. The summed E-state index contributed by atoms with van der Waals surface area (Å²) in [6, 6.07) is -1.08. The Morgan fingerprint density at radius 1 is 1.38 bits per heavy atom. The van der Waals surface area contributed by atoms with Gasteiger partial charge in [-0.1, -0.05) is 0 Å². The molecule has 3 aliphatic rings. The molecule has 4 N–H and O–H groups in total. The zero-order valence-corrected chi connectivity index (χ0v) is 24.7. The molecule has 0 radical (unpaired) electrons. The molecule has 0 saturated carbocycles. The Kier molecular flexibility index (Phi) is 8.66. The van der Waals surface area contributed by atoms with Crippen LogP contribution >= 0.6 is 7.26 Å². The maximum absolute atomic E-state index is 14.3. The number of ether oxygens (including phenoxy) is 1. The second-order valence-corrected chi connectivity index (χ2v) is 17.5. The van der Waals surface area contributed by atoms with E-state index in [1.807, 2.05) is 32.9 Å². The van der Waals surface area contributed by atoms with Gasteiger partial charge in [-0.3, -0.25) is 0 Å². The summed E-state index contributed by atoms with van der Waals surface area (Å²) in [6.45, 7) is 11.9. The van der Waals surface area contributed by atoms with Crippen molar-refractivity contribution in [2.45, 2.75) is 63.9 Å². The fraction of sp³-hybridized carbons (Fsp3) is 0.655. The molecule has 7 nitrogen and oxygen atoms in total. The van der Waals surface area contributed by atoms with Crippen LogP contribution < -0.4 is 5.73 Å². The monoisotopic (exact) mass is 534 g/mol. The van der Waals surface area contributed by atoms with Crippen molar-refractivity contribution < 1.29 is 24.5 Å². The van der Waals surface area contributed by atoms with Crippen molar-refractivity contribution in [3.8, 4) is 0 Å². The van der Waals surface area contributed by atoms with Crippen LogP contribution in [0.5, 0.6) is 0 Å². The molecule has 0 aromatic heterocycles. The molecule has 37 heavy (non-hydrogen) atoms. The number of ketones is 1. The molecule has 0 aromatic carbocycles. The fourth-order valence-electron chi connectivity index (χ4n) is 6.59. The molecular weight excluding hydrogens is 487 g/mol. The van der Waals surface area contributed by atoms with Gasteiger partial charge in [-0.2, -0.15) is 0 Å². The summed E-state index contributed by atoms with van der Waals surface area (Å²) >= 11 is 0. The molecule has 1 saturated heterocycles. The van der Waals surface area contributed by atoms with Gasteiger partial charge < -0.3 is 0 Å². The summed E-state index contributed by atoms with van der Waals surface area (Å²) in [5, 5.41) is 23.0. The first kappa shape index (κ1) is 29.8. The van der Waals surface area contributed by atoms with E-state index in [0.717, 1.165) is 12.0 Å². The summed E-state index contributed by atoms with van der Waals surface area (Å²) in [5.41, 5.74) is 5.65. The van der Waals surface area contributed by atoms with Gasteiger partial charge in [0.1, 0.15) is 0 Å². The number of fused-ring (bicyclic) bond motifs is 1. The zero-order valence-electron chi connectivity index (χ0n) is 23.7. The Balaban J connectivity index is 2.18. The van der Waals surface area contributed by atoms with E-state index in [0.29, 0.717) is 16.9 Å². The van der Waals surface area contributed by atoms with Crippen LogP contribution in [-0.2, 0) is 14.3 Å². The van der Waals surface area contributed by atoms with Crippen LogP contribution in [-0.4, -0.2) is 90.5 Å². The molecule has 208 valence electrons. The Bertz CT molecular complexity index is 1040. The van der Waals surface area contributed by atoms with Crippen LogP contribution in [0.4, 0.5) is 0 Å². The van der Waals surface area contributed by atoms with Crippen molar-refractivity contribution in [1.82, 2.24) is 4.90 Å². The molecule has 2 aliphatic carbocycles. The molecule has 0 aromatic rings. The third-order valence-electron chi connectivity index (χ3n) is 9.00. The summed E-state index contributed by atoms with van der Waals surface area (Å²) in [5.74, 6) is -1.52. The minimum absolute atomic E-state index is 0.140. The Morgan fingerprint density at radius 3 is 2.51 bits per heavy atom. The Morgan fingerprint density at radius 2 is 2.00 bits per heavy atom. The van der Waals surface area contributed by atoms with E-state index >= 15 is 0 Å². The van der Waals surface area contributed by atoms with Crippen LogP contribution in [0.15, 0.2) is 47.2 Å². The van der Waals surface area contributed by atoms with E-state index in [2.05, 4.69) is 13.3 Å². The standard InChI is InChI=1S/C29H47N2O5P/c1-9-10-11-23(31(5)6)27(34)36-24-12-18(2)15-28(20(4)14-22-17-37(22,7)8)26(33)19(3)13-21(16-32)25(30)29(24,28)35/h9-11,13,15,19-20,22,24-25,32,35,37H,12,14,16-17,30H2,1-8H3/b10-9+,23-11-/t19?,20-,22-,24?,25?,28?,29?/m1/s1. The number of Topliss-reactive ketones (excluding diaryl/α,β-unsaturated/α-hetero) is 1. The number of hydrogen-bond donors (Lipinski definition) is 3. The average molecular weight is 535 g/mol. The number of rotatable bonds is 8. The summed E-state index contributed by atoms with van der Waals surface area (Å²) in [4.78, 5) is 29.4. The zero-order chi connectivity index (χ0) is 27.9. The third kappa shape index (κ3) is 5.13. The van der Waals surface area contributed by atoms with Crippen molar-refractivity contribution in [3.05, 3.63) is 47.2 Å². The van der Waals surface area contributed by atoms with Crippen molar-refractivity contribution in [3.63, 3.8) is 0 Å². The van der Waals surface area contributed by atoms with Gasteiger partial charge in [0, 0.05) is 0 Å². The third-order valence-corrected chi connectivity index (χ3v) is 12.7. The summed E-state index contributed by atoms with van der Waals surface area (Å²) < 4.78 is 6.09. The molecule has 1 aliphatic heterocycles. The number of aliphatic hydroxyl groups excluding tert-OH is 1. The number of aliphatic hydroxyl groups is 2. The van der Waals surface area contributed by atoms with Crippen molar-refractivity contribution in [1.29, 1.82) is 0 Å². The first-order valence-corrected chi connectivity index (χ1v) is 16.7. The second kappa shape index (κ2) is 10.8. The van der Waals surface area contributed by atoms with E-state index in [-0.39, 0.29) is 24.7 Å². The second-order valence-electron chi connectivity index (χ2n) is 12.3. The van der Waals surface area contributed by atoms with Crippen molar-refractivity contribution in [2.75, 3.05) is 40.2 Å². The Labute approximate surface area is 222 Å². The number of nitrogens with zero attached hydrogens (tertiary/aromatic N) is 1. The summed E-state index contributed by atoms with van der Waals surface area (Å²) in [6.07, 6.45) is 10.0. The fourth-order valence-corrected chi connectivity index (χ4v) is 10.1. The number of carbonyl (C=O) groups is 2. The SMILES string of the molecule is C/C=C/C=C(/C(=O)OC1CC(C)=CC2([C@H](C)C[C@@H]3C[PH]3(C)C)C(=O)C(C)C=C(CO)C(N)C12O)N(C)C. The first-order chi connectivity index (χ1) is 17.2. The van der Waals surface area contributed by atoms with Gasteiger partial charge in [-0.05, 0) is 6.92 Å². The van der Waals surface area contributed by atoms with E-state index in [4.69, 9.17) is 10.5 Å². The predicted molar refractivity (Wildman–Crippen MR) is 152 cm³/mol. The van der Waals surface area contributed by atoms with E-state index < -0.39 is 42.3 Å². The maximum atomic E-state index is 14.3. The van der Waals surface area contributed by atoms with E-state index in [1.54, 1.807) is 44.1 Å². The molecule has 0 spiro atoms. The number of carbonyl (C=O) groups excluding carboxylic acids is 2. The molecule has 5 unspecified atom stereocenters. The van der Waals surface area contributed by atoms with Crippen LogP contribution in [0.3, 0.4) is 0 Å². The van der Waals surface area contributed by atoms with E-state index in [9.17, 15) is 19.8 Å². The van der Waals surface area contributed by atoms with Gasteiger partial charge in [-0.25, -0.2) is 0 Å². The molecule has 3 rings (SSSR count). The predicted octanol–water partition coefficient (Wildman–Crippen LogP) is 2.87. The quantitative estimate of drug-likeness (QED) is 0.144. The molecule has 0 amide bonds. The minimum atomic E-state index is -1.92. The molecule has 7 atom stereocenters. The topological polar surface area (TPSA) is 113 Å². The van der Waals surface area contributed by atoms with Gasteiger partial charge in [0.25, 0.3) is 0 Å². The van der Waals surface area contributed by atoms with Gasteiger partial charge >= 0.3 is 216 Å². The van der Waals surface area contributed by atoms with Crippen LogP contribution in [0, 0.1) is 17.3 Å².